The van der Waals surface area contributed by atoms with E-state index in [0.29, 0.717) is 6.54 Å². The van der Waals surface area contributed by atoms with Gasteiger partial charge in [0.05, 0.1) is 12.2 Å². The number of morpholine rings is 1. The average molecular weight is 341 g/mol. The standard InChI is InChI=1S/C16H27N3O3S/c1-11-9-23-15(21)19(11)8-14(20)17-10-16(4,5)18-6-12(2)22-13(3)7-18/h9,12-13H,6-8,10H2,1-5H3,(H,17,20)/t12-,13+. The Kier molecular flexibility index (Phi) is 5.65. The fourth-order valence-electron chi connectivity index (χ4n) is 2.89. The first-order valence-electron chi connectivity index (χ1n) is 8.01. The van der Waals surface area contributed by atoms with Gasteiger partial charge in [0.25, 0.3) is 0 Å². The first-order valence-corrected chi connectivity index (χ1v) is 8.89. The molecule has 2 atom stereocenters. The Hall–Kier alpha value is -1.18. The summed E-state index contributed by atoms with van der Waals surface area (Å²) in [5.41, 5.74) is 0.668. The highest BCUT2D eigenvalue weighted by atomic mass is 32.1. The third kappa shape index (κ3) is 4.65. The SMILES string of the molecule is Cc1csc(=O)n1CC(=O)NCC(C)(C)N1C[C@@H](C)O[C@@H](C)C1. The summed E-state index contributed by atoms with van der Waals surface area (Å²) >= 11 is 1.13. The van der Waals surface area contributed by atoms with Crippen molar-refractivity contribution < 1.29 is 9.53 Å². The van der Waals surface area contributed by atoms with Crippen LogP contribution in [0.1, 0.15) is 33.4 Å². The first-order chi connectivity index (χ1) is 10.7. The monoisotopic (exact) mass is 341 g/mol. The quantitative estimate of drug-likeness (QED) is 0.875. The van der Waals surface area contributed by atoms with Gasteiger partial charge in [-0.1, -0.05) is 11.3 Å². The lowest BCUT2D eigenvalue weighted by atomic mass is 10.00. The zero-order chi connectivity index (χ0) is 17.2. The summed E-state index contributed by atoms with van der Waals surface area (Å²) in [6.07, 6.45) is 0.390. The van der Waals surface area contributed by atoms with Gasteiger partial charge in [-0.3, -0.25) is 19.1 Å². The van der Waals surface area contributed by atoms with Gasteiger partial charge >= 0.3 is 4.87 Å². The van der Waals surface area contributed by atoms with Crippen LogP contribution in [0, 0.1) is 6.92 Å². The summed E-state index contributed by atoms with van der Waals surface area (Å²) in [5.74, 6) is -0.129. The fraction of sp³-hybridized carbons (Fsp3) is 0.750. The van der Waals surface area contributed by atoms with Gasteiger partial charge in [0.1, 0.15) is 6.54 Å². The Morgan fingerprint density at radius 3 is 2.52 bits per heavy atom. The van der Waals surface area contributed by atoms with Crippen molar-refractivity contribution in [2.45, 2.75) is 58.9 Å². The summed E-state index contributed by atoms with van der Waals surface area (Å²) in [6, 6.07) is 0. The molecule has 0 saturated carbocycles. The molecule has 0 aromatic carbocycles. The largest absolute Gasteiger partial charge is 0.373 e. The lowest BCUT2D eigenvalue weighted by molar-refractivity contribution is -0.123. The summed E-state index contributed by atoms with van der Waals surface area (Å²) in [4.78, 5) is 26.1. The van der Waals surface area contributed by atoms with Gasteiger partial charge in [-0.2, -0.15) is 0 Å². The van der Waals surface area contributed by atoms with Crippen LogP contribution in [0.5, 0.6) is 0 Å². The number of nitrogens with one attached hydrogen (secondary N) is 1. The van der Waals surface area contributed by atoms with Crippen molar-refractivity contribution in [1.29, 1.82) is 0 Å². The van der Waals surface area contributed by atoms with Crippen LogP contribution in [0.3, 0.4) is 0 Å². The minimum absolute atomic E-state index is 0.0835. The fourth-order valence-corrected chi connectivity index (χ4v) is 3.63. The molecule has 23 heavy (non-hydrogen) atoms. The van der Waals surface area contributed by atoms with E-state index in [-0.39, 0.29) is 35.1 Å². The van der Waals surface area contributed by atoms with Crippen molar-refractivity contribution in [2.24, 2.45) is 0 Å². The molecule has 1 aromatic rings. The Labute approximate surface area is 141 Å². The number of thiazole rings is 1. The highest BCUT2D eigenvalue weighted by molar-refractivity contribution is 7.07. The van der Waals surface area contributed by atoms with Crippen molar-refractivity contribution in [2.75, 3.05) is 19.6 Å². The molecule has 2 heterocycles. The summed E-state index contributed by atoms with van der Waals surface area (Å²) in [5, 5.41) is 4.74. The van der Waals surface area contributed by atoms with E-state index in [4.69, 9.17) is 4.74 Å². The van der Waals surface area contributed by atoms with Crippen molar-refractivity contribution in [1.82, 2.24) is 14.8 Å². The number of carbonyl (C=O) groups is 1. The number of nitrogens with zero attached hydrogens (tertiary/aromatic N) is 2. The third-order valence-electron chi connectivity index (χ3n) is 4.27. The van der Waals surface area contributed by atoms with E-state index in [1.807, 2.05) is 6.92 Å². The molecule has 1 fully saturated rings. The molecule has 1 N–H and O–H groups in total. The van der Waals surface area contributed by atoms with Crippen molar-refractivity contribution in [3.63, 3.8) is 0 Å². The van der Waals surface area contributed by atoms with E-state index < -0.39 is 0 Å². The van der Waals surface area contributed by atoms with Crippen LogP contribution >= 0.6 is 11.3 Å². The lowest BCUT2D eigenvalue weighted by Crippen LogP contribution is -2.58. The van der Waals surface area contributed by atoms with Crippen LogP contribution in [0.2, 0.25) is 0 Å². The molecular formula is C16H27N3O3S. The summed E-state index contributed by atoms with van der Waals surface area (Å²) < 4.78 is 7.27. The second kappa shape index (κ2) is 7.15. The number of ether oxygens (including phenoxy) is 1. The first kappa shape index (κ1) is 18.2. The number of amides is 1. The smallest absolute Gasteiger partial charge is 0.307 e. The molecule has 0 radical (unpaired) electrons. The van der Waals surface area contributed by atoms with Gasteiger partial charge in [0.2, 0.25) is 5.91 Å². The highest BCUT2D eigenvalue weighted by Gasteiger charge is 2.33. The van der Waals surface area contributed by atoms with E-state index >= 15 is 0 Å². The zero-order valence-corrected chi connectivity index (χ0v) is 15.4. The number of rotatable bonds is 5. The number of hydrogen-bond donors (Lipinski definition) is 1. The van der Waals surface area contributed by atoms with Crippen molar-refractivity contribution in [3.8, 4) is 0 Å². The zero-order valence-electron chi connectivity index (χ0n) is 14.6. The van der Waals surface area contributed by atoms with E-state index in [1.165, 1.54) is 4.57 Å². The Morgan fingerprint density at radius 1 is 1.39 bits per heavy atom. The summed E-state index contributed by atoms with van der Waals surface area (Å²) in [6.45, 7) is 12.6. The topological polar surface area (TPSA) is 63.6 Å². The molecule has 1 aromatic heterocycles. The van der Waals surface area contributed by atoms with Crippen LogP contribution in [-0.2, 0) is 16.1 Å². The van der Waals surface area contributed by atoms with Gasteiger partial charge in [-0.05, 0) is 34.6 Å². The van der Waals surface area contributed by atoms with Gasteiger partial charge < -0.3 is 10.1 Å². The van der Waals surface area contributed by atoms with Crippen LogP contribution in [-0.4, -0.2) is 52.8 Å². The van der Waals surface area contributed by atoms with E-state index in [1.54, 1.807) is 5.38 Å². The maximum atomic E-state index is 12.2. The van der Waals surface area contributed by atoms with Crippen molar-refractivity contribution >= 4 is 17.2 Å². The molecule has 1 aliphatic heterocycles. The van der Waals surface area contributed by atoms with Crippen molar-refractivity contribution in [3.05, 3.63) is 20.7 Å². The van der Waals surface area contributed by atoms with Gasteiger partial charge in [0.15, 0.2) is 0 Å². The maximum absolute atomic E-state index is 12.2. The summed E-state index contributed by atoms with van der Waals surface area (Å²) in [7, 11) is 0. The second-order valence-electron chi connectivity index (χ2n) is 6.98. The molecule has 1 saturated heterocycles. The maximum Gasteiger partial charge on any atom is 0.307 e. The Bertz CT molecular complexity index is 598. The number of aromatic nitrogens is 1. The molecule has 7 heteroatoms. The number of carbonyl (C=O) groups excluding carboxylic acids is 1. The predicted molar refractivity (Wildman–Crippen MR) is 92.0 cm³/mol. The van der Waals surface area contributed by atoms with Crippen LogP contribution < -0.4 is 10.2 Å². The molecule has 1 aliphatic rings. The number of hydrogen-bond acceptors (Lipinski definition) is 5. The molecule has 2 rings (SSSR count). The molecular weight excluding hydrogens is 314 g/mol. The lowest BCUT2D eigenvalue weighted by Gasteiger charge is -2.45. The van der Waals surface area contributed by atoms with Crippen LogP contribution in [0.25, 0.3) is 0 Å². The molecule has 0 spiro atoms. The van der Waals surface area contributed by atoms with Crippen LogP contribution in [0.15, 0.2) is 10.2 Å². The normalized spacial score (nSPS) is 23.0. The second-order valence-corrected chi connectivity index (χ2v) is 7.80. The van der Waals surface area contributed by atoms with Gasteiger partial charge in [-0.15, -0.1) is 0 Å². The Morgan fingerprint density at radius 2 is 2.00 bits per heavy atom. The minimum Gasteiger partial charge on any atom is -0.373 e. The van der Waals surface area contributed by atoms with E-state index in [9.17, 15) is 9.59 Å². The number of aryl methyl sites for hydroxylation is 1. The van der Waals surface area contributed by atoms with E-state index in [2.05, 4.69) is 37.9 Å². The Balaban J connectivity index is 1.91. The molecule has 0 unspecified atom stereocenters. The van der Waals surface area contributed by atoms with E-state index in [0.717, 1.165) is 30.1 Å². The predicted octanol–water partition coefficient (Wildman–Crippen LogP) is 1.22. The molecule has 6 nitrogen and oxygen atoms in total. The van der Waals surface area contributed by atoms with Gasteiger partial charge in [0, 0.05) is 36.2 Å². The molecule has 1 amide bonds. The molecule has 130 valence electrons. The highest BCUT2D eigenvalue weighted by Crippen LogP contribution is 2.20. The average Bonchev–Trinajstić information content (AvgIpc) is 2.76. The molecule has 0 bridgehead atoms. The third-order valence-corrected chi connectivity index (χ3v) is 5.15. The van der Waals surface area contributed by atoms with Crippen LogP contribution in [0.4, 0.5) is 0 Å². The minimum atomic E-state index is -0.156. The van der Waals surface area contributed by atoms with Gasteiger partial charge in [-0.25, -0.2) is 0 Å². The molecule has 0 aliphatic carbocycles.